The average molecular weight is 363 g/mol. The fourth-order valence-corrected chi connectivity index (χ4v) is 2.76. The van der Waals surface area contributed by atoms with Gasteiger partial charge in [-0.2, -0.15) is 0 Å². The minimum atomic E-state index is -0.229. The maximum Gasteiger partial charge on any atom is 0.319 e. The van der Waals surface area contributed by atoms with Gasteiger partial charge < -0.3 is 20.4 Å². The quantitative estimate of drug-likeness (QED) is 0.741. The van der Waals surface area contributed by atoms with Gasteiger partial charge in [-0.1, -0.05) is 20.8 Å². The lowest BCUT2D eigenvalue weighted by Gasteiger charge is -2.27. The molecule has 0 aliphatic rings. The van der Waals surface area contributed by atoms with Crippen LogP contribution in [0.5, 0.6) is 0 Å². The number of benzene rings is 1. The molecule has 1 aromatic carbocycles. The third-order valence-corrected chi connectivity index (χ3v) is 3.90. The summed E-state index contributed by atoms with van der Waals surface area (Å²) < 4.78 is 0. The monoisotopic (exact) mass is 362 g/mol. The van der Waals surface area contributed by atoms with Crippen LogP contribution in [0, 0.1) is 5.92 Å². The first-order chi connectivity index (χ1) is 12.1. The van der Waals surface area contributed by atoms with Gasteiger partial charge in [-0.05, 0) is 44.0 Å². The molecule has 0 aliphatic carbocycles. The summed E-state index contributed by atoms with van der Waals surface area (Å²) in [7, 11) is 3.96. The van der Waals surface area contributed by atoms with Gasteiger partial charge >= 0.3 is 6.03 Å². The van der Waals surface area contributed by atoms with Crippen LogP contribution < -0.4 is 15.5 Å². The number of urea groups is 1. The van der Waals surface area contributed by atoms with Gasteiger partial charge in [0.25, 0.3) is 0 Å². The SMILES string of the molecule is CCCN(Cc1cc(NC(=O)NC(C)C)ccc1N(C)C)C(=O)C(C)C. The minimum absolute atomic E-state index is 0.0394. The van der Waals surface area contributed by atoms with E-state index < -0.39 is 0 Å². The summed E-state index contributed by atoms with van der Waals surface area (Å²) >= 11 is 0. The normalized spacial score (nSPS) is 10.8. The number of amides is 3. The number of nitrogens with one attached hydrogen (secondary N) is 2. The highest BCUT2D eigenvalue weighted by atomic mass is 16.2. The van der Waals surface area contributed by atoms with Crippen LogP contribution in [0.15, 0.2) is 18.2 Å². The van der Waals surface area contributed by atoms with Crippen LogP contribution in [0.4, 0.5) is 16.2 Å². The first kappa shape index (κ1) is 21.8. The second kappa shape index (κ2) is 10.0. The Morgan fingerprint density at radius 3 is 2.27 bits per heavy atom. The molecule has 0 bridgehead atoms. The highest BCUT2D eigenvalue weighted by Gasteiger charge is 2.19. The molecule has 6 heteroatoms. The molecule has 0 spiro atoms. The first-order valence-electron chi connectivity index (χ1n) is 9.32. The fourth-order valence-electron chi connectivity index (χ4n) is 2.76. The zero-order valence-corrected chi connectivity index (χ0v) is 17.2. The highest BCUT2D eigenvalue weighted by Crippen LogP contribution is 2.25. The minimum Gasteiger partial charge on any atom is -0.377 e. The molecule has 2 N–H and O–H groups in total. The summed E-state index contributed by atoms with van der Waals surface area (Å²) in [5.41, 5.74) is 2.77. The van der Waals surface area contributed by atoms with Gasteiger partial charge in [0.2, 0.25) is 5.91 Å². The first-order valence-corrected chi connectivity index (χ1v) is 9.32. The lowest BCUT2D eigenvalue weighted by molar-refractivity contribution is -0.135. The van der Waals surface area contributed by atoms with Crippen molar-refractivity contribution in [2.75, 3.05) is 30.9 Å². The number of carbonyl (C=O) groups is 2. The maximum absolute atomic E-state index is 12.5. The second-order valence-electron chi connectivity index (χ2n) is 7.41. The molecule has 3 amide bonds. The van der Waals surface area contributed by atoms with Crippen molar-refractivity contribution in [3.63, 3.8) is 0 Å². The van der Waals surface area contributed by atoms with Crippen molar-refractivity contribution >= 4 is 23.3 Å². The molecule has 0 saturated heterocycles. The predicted octanol–water partition coefficient (Wildman–Crippen LogP) is 3.68. The summed E-state index contributed by atoms with van der Waals surface area (Å²) in [5.74, 6) is 0.106. The standard InChI is InChI=1S/C20H34N4O2/c1-8-11-24(19(25)14(2)3)13-16-12-17(9-10-18(16)23(6)7)22-20(26)21-15(4)5/h9-10,12,14-15H,8,11,13H2,1-7H3,(H2,21,22,26). The van der Waals surface area contributed by atoms with E-state index in [1.807, 2.05) is 69.8 Å². The van der Waals surface area contributed by atoms with Crippen molar-refractivity contribution in [2.24, 2.45) is 5.92 Å². The molecule has 1 aromatic rings. The molecule has 0 unspecified atom stereocenters. The lowest BCUT2D eigenvalue weighted by atomic mass is 10.1. The Morgan fingerprint density at radius 1 is 1.12 bits per heavy atom. The zero-order valence-electron chi connectivity index (χ0n) is 17.2. The molecular weight excluding hydrogens is 328 g/mol. The number of hydrogen-bond acceptors (Lipinski definition) is 3. The molecule has 0 fully saturated rings. The van der Waals surface area contributed by atoms with Gasteiger partial charge in [0, 0.05) is 50.5 Å². The van der Waals surface area contributed by atoms with Crippen LogP contribution in [0.1, 0.15) is 46.6 Å². The number of rotatable bonds is 8. The molecule has 0 atom stereocenters. The van der Waals surface area contributed by atoms with Gasteiger partial charge in [-0.15, -0.1) is 0 Å². The maximum atomic E-state index is 12.5. The largest absolute Gasteiger partial charge is 0.377 e. The van der Waals surface area contributed by atoms with Crippen LogP contribution in [0.3, 0.4) is 0 Å². The van der Waals surface area contributed by atoms with Crippen LogP contribution in [0.25, 0.3) is 0 Å². The van der Waals surface area contributed by atoms with Crippen molar-refractivity contribution in [3.05, 3.63) is 23.8 Å². The van der Waals surface area contributed by atoms with Gasteiger partial charge in [0.15, 0.2) is 0 Å². The van der Waals surface area contributed by atoms with Crippen LogP contribution in [-0.2, 0) is 11.3 Å². The molecule has 0 aliphatic heterocycles. The van der Waals surface area contributed by atoms with Crippen molar-refractivity contribution in [3.8, 4) is 0 Å². The number of carbonyl (C=O) groups excluding carboxylic acids is 2. The van der Waals surface area contributed by atoms with Gasteiger partial charge in [-0.25, -0.2) is 4.79 Å². The third-order valence-electron chi connectivity index (χ3n) is 3.90. The Hall–Kier alpha value is -2.24. The van der Waals surface area contributed by atoms with E-state index in [1.165, 1.54) is 0 Å². The van der Waals surface area contributed by atoms with E-state index in [4.69, 9.17) is 0 Å². The Kier molecular flexibility index (Phi) is 8.42. The van der Waals surface area contributed by atoms with E-state index in [0.717, 1.165) is 29.9 Å². The fraction of sp³-hybridized carbons (Fsp3) is 0.600. The summed E-state index contributed by atoms with van der Waals surface area (Å²) in [6.45, 7) is 11.0. The summed E-state index contributed by atoms with van der Waals surface area (Å²) in [6.07, 6.45) is 0.907. The highest BCUT2D eigenvalue weighted by molar-refractivity contribution is 5.90. The van der Waals surface area contributed by atoms with Crippen LogP contribution in [0.2, 0.25) is 0 Å². The van der Waals surface area contributed by atoms with Gasteiger partial charge in [0.1, 0.15) is 0 Å². The predicted molar refractivity (Wildman–Crippen MR) is 109 cm³/mol. The molecule has 0 heterocycles. The number of anilines is 2. The molecule has 0 radical (unpaired) electrons. The molecule has 0 aromatic heterocycles. The Balaban J connectivity index is 3.10. The molecule has 1 rings (SSSR count). The topological polar surface area (TPSA) is 64.7 Å². The second-order valence-corrected chi connectivity index (χ2v) is 7.41. The number of nitrogens with zero attached hydrogens (tertiary/aromatic N) is 2. The van der Waals surface area contributed by atoms with E-state index in [0.29, 0.717) is 6.54 Å². The van der Waals surface area contributed by atoms with E-state index in [1.54, 1.807) is 0 Å². The Bertz CT molecular complexity index is 612. The number of hydrogen-bond donors (Lipinski definition) is 2. The van der Waals surface area contributed by atoms with Crippen molar-refractivity contribution in [2.45, 2.75) is 53.6 Å². The van der Waals surface area contributed by atoms with E-state index in [9.17, 15) is 9.59 Å². The molecule has 146 valence electrons. The van der Waals surface area contributed by atoms with E-state index >= 15 is 0 Å². The van der Waals surface area contributed by atoms with Crippen molar-refractivity contribution in [1.82, 2.24) is 10.2 Å². The average Bonchev–Trinajstić information content (AvgIpc) is 2.52. The van der Waals surface area contributed by atoms with Crippen LogP contribution in [-0.4, -0.2) is 43.5 Å². The third kappa shape index (κ3) is 6.58. The summed E-state index contributed by atoms with van der Waals surface area (Å²) in [5, 5.41) is 5.68. The van der Waals surface area contributed by atoms with Crippen molar-refractivity contribution in [1.29, 1.82) is 0 Å². The van der Waals surface area contributed by atoms with Gasteiger partial charge in [-0.3, -0.25) is 4.79 Å². The Morgan fingerprint density at radius 2 is 1.77 bits per heavy atom. The molecule has 26 heavy (non-hydrogen) atoms. The Labute approximate surface area is 157 Å². The van der Waals surface area contributed by atoms with Crippen LogP contribution >= 0.6 is 0 Å². The smallest absolute Gasteiger partial charge is 0.319 e. The molecule has 6 nitrogen and oxygen atoms in total. The lowest BCUT2D eigenvalue weighted by Crippen LogP contribution is -2.35. The molecular formula is C20H34N4O2. The summed E-state index contributed by atoms with van der Waals surface area (Å²) in [4.78, 5) is 28.4. The zero-order chi connectivity index (χ0) is 19.9. The van der Waals surface area contributed by atoms with E-state index in [-0.39, 0.29) is 23.9 Å². The van der Waals surface area contributed by atoms with Gasteiger partial charge in [0.05, 0.1) is 0 Å². The summed E-state index contributed by atoms with van der Waals surface area (Å²) in [6, 6.07) is 5.65. The van der Waals surface area contributed by atoms with E-state index in [2.05, 4.69) is 17.6 Å². The molecule has 0 saturated carbocycles. The van der Waals surface area contributed by atoms with Crippen molar-refractivity contribution < 1.29 is 9.59 Å².